The van der Waals surface area contributed by atoms with Crippen LogP contribution in [0.15, 0.2) is 23.4 Å². The van der Waals surface area contributed by atoms with Gasteiger partial charge >= 0.3 is 0 Å². The zero-order chi connectivity index (χ0) is 14.8. The molecule has 5 nitrogen and oxygen atoms in total. The van der Waals surface area contributed by atoms with E-state index in [1.54, 1.807) is 16.6 Å². The Morgan fingerprint density at radius 2 is 2.25 bits per heavy atom. The standard InChI is InChI=1S/C14H23N3O2S/c1-4-16-13-5-7-15-9-14(13)20(18,19)17-8-6-12(10-17)11(2)3/h5,7,9,11-12H,4,6,8,10H2,1-3H3,(H,15,16). The smallest absolute Gasteiger partial charge is 0.246 e. The summed E-state index contributed by atoms with van der Waals surface area (Å²) in [6.07, 6.45) is 3.99. The summed E-state index contributed by atoms with van der Waals surface area (Å²) < 4.78 is 27.1. The van der Waals surface area contributed by atoms with Gasteiger partial charge in [0.25, 0.3) is 0 Å². The maximum absolute atomic E-state index is 12.7. The monoisotopic (exact) mass is 297 g/mol. The summed E-state index contributed by atoms with van der Waals surface area (Å²) in [5.74, 6) is 0.960. The predicted molar refractivity (Wildman–Crippen MR) is 80.1 cm³/mol. The first kappa shape index (κ1) is 15.3. The highest BCUT2D eigenvalue weighted by molar-refractivity contribution is 7.89. The SMILES string of the molecule is CCNc1ccncc1S(=O)(=O)N1CCC(C(C)C)C1. The van der Waals surface area contributed by atoms with E-state index < -0.39 is 10.0 Å². The van der Waals surface area contributed by atoms with Gasteiger partial charge in [0.05, 0.1) is 5.69 Å². The molecule has 0 radical (unpaired) electrons. The van der Waals surface area contributed by atoms with E-state index >= 15 is 0 Å². The first-order valence-corrected chi connectivity index (χ1v) is 8.58. The molecular weight excluding hydrogens is 274 g/mol. The fourth-order valence-electron chi connectivity index (χ4n) is 2.58. The Morgan fingerprint density at radius 3 is 2.85 bits per heavy atom. The van der Waals surface area contributed by atoms with Gasteiger partial charge in [-0.2, -0.15) is 4.31 Å². The second-order valence-corrected chi connectivity index (χ2v) is 7.46. The average molecular weight is 297 g/mol. The molecule has 1 N–H and O–H groups in total. The third-order valence-electron chi connectivity index (χ3n) is 3.90. The van der Waals surface area contributed by atoms with Gasteiger partial charge < -0.3 is 5.32 Å². The van der Waals surface area contributed by atoms with Crippen molar-refractivity contribution in [2.75, 3.05) is 25.0 Å². The summed E-state index contributed by atoms with van der Waals surface area (Å²) in [7, 11) is -3.45. The minimum Gasteiger partial charge on any atom is -0.384 e. The zero-order valence-electron chi connectivity index (χ0n) is 12.3. The molecule has 0 aromatic carbocycles. The van der Waals surface area contributed by atoms with Crippen LogP contribution in [0.1, 0.15) is 27.2 Å². The van der Waals surface area contributed by atoms with E-state index in [1.807, 2.05) is 6.92 Å². The summed E-state index contributed by atoms with van der Waals surface area (Å²) >= 11 is 0. The number of rotatable bonds is 5. The van der Waals surface area contributed by atoms with Crippen LogP contribution in [-0.2, 0) is 10.0 Å². The van der Waals surface area contributed by atoms with E-state index in [2.05, 4.69) is 24.1 Å². The molecule has 1 saturated heterocycles. The van der Waals surface area contributed by atoms with Gasteiger partial charge in [-0.3, -0.25) is 4.98 Å². The van der Waals surface area contributed by atoms with Crippen LogP contribution in [-0.4, -0.2) is 37.3 Å². The molecule has 1 aliphatic rings. The lowest BCUT2D eigenvalue weighted by molar-refractivity contribution is 0.388. The van der Waals surface area contributed by atoms with E-state index in [0.717, 1.165) is 6.42 Å². The van der Waals surface area contributed by atoms with E-state index in [-0.39, 0.29) is 4.90 Å². The maximum Gasteiger partial charge on any atom is 0.246 e. The van der Waals surface area contributed by atoms with Gasteiger partial charge in [-0.15, -0.1) is 0 Å². The van der Waals surface area contributed by atoms with Crippen LogP contribution < -0.4 is 5.32 Å². The van der Waals surface area contributed by atoms with Gasteiger partial charge in [-0.1, -0.05) is 13.8 Å². The molecule has 0 amide bonds. The largest absolute Gasteiger partial charge is 0.384 e. The van der Waals surface area contributed by atoms with E-state index in [1.165, 1.54) is 6.20 Å². The number of hydrogen-bond acceptors (Lipinski definition) is 4. The summed E-state index contributed by atoms with van der Waals surface area (Å²) in [5, 5.41) is 3.09. The number of pyridine rings is 1. The number of sulfonamides is 1. The van der Waals surface area contributed by atoms with Crippen LogP contribution in [0.2, 0.25) is 0 Å². The van der Waals surface area contributed by atoms with E-state index in [4.69, 9.17) is 0 Å². The normalized spacial score (nSPS) is 20.5. The van der Waals surface area contributed by atoms with Gasteiger partial charge in [0.1, 0.15) is 4.90 Å². The van der Waals surface area contributed by atoms with Crippen molar-refractivity contribution in [3.8, 4) is 0 Å². The van der Waals surface area contributed by atoms with E-state index in [0.29, 0.717) is 37.2 Å². The topological polar surface area (TPSA) is 62.3 Å². The molecule has 6 heteroatoms. The molecule has 0 spiro atoms. The molecule has 1 atom stereocenters. The minimum atomic E-state index is -3.45. The molecule has 2 rings (SSSR count). The fourth-order valence-corrected chi connectivity index (χ4v) is 4.20. The number of nitrogens with one attached hydrogen (secondary N) is 1. The fraction of sp³-hybridized carbons (Fsp3) is 0.643. The number of anilines is 1. The second-order valence-electron chi connectivity index (χ2n) is 5.56. The summed E-state index contributed by atoms with van der Waals surface area (Å²) in [4.78, 5) is 4.26. The Morgan fingerprint density at radius 1 is 1.50 bits per heavy atom. The molecule has 1 unspecified atom stereocenters. The van der Waals surface area contributed by atoms with E-state index in [9.17, 15) is 8.42 Å². The molecule has 0 aliphatic carbocycles. The molecule has 112 valence electrons. The van der Waals surface area contributed by atoms with Crippen molar-refractivity contribution >= 4 is 15.7 Å². The lowest BCUT2D eigenvalue weighted by Crippen LogP contribution is -2.30. The Kier molecular flexibility index (Phi) is 4.65. The molecule has 1 aliphatic heterocycles. The summed E-state index contributed by atoms with van der Waals surface area (Å²) in [6.45, 7) is 8.14. The Hall–Kier alpha value is -1.14. The van der Waals surface area contributed by atoms with Gasteiger partial charge in [0.15, 0.2) is 0 Å². The Balaban J connectivity index is 2.28. The Bertz CT molecular complexity index is 557. The predicted octanol–water partition coefficient (Wildman–Crippen LogP) is 2.18. The molecule has 0 saturated carbocycles. The van der Waals surface area contributed by atoms with Crippen molar-refractivity contribution < 1.29 is 8.42 Å². The van der Waals surface area contributed by atoms with Crippen LogP contribution >= 0.6 is 0 Å². The summed E-state index contributed by atoms with van der Waals surface area (Å²) in [6, 6.07) is 1.71. The number of aromatic nitrogens is 1. The molecular formula is C14H23N3O2S. The highest BCUT2D eigenvalue weighted by Crippen LogP contribution is 2.30. The van der Waals surface area contributed by atoms with Crippen LogP contribution in [0.3, 0.4) is 0 Å². The molecule has 1 aromatic rings. The zero-order valence-corrected chi connectivity index (χ0v) is 13.2. The molecule has 0 bridgehead atoms. The molecule has 2 heterocycles. The van der Waals surface area contributed by atoms with Gasteiger partial charge in [0.2, 0.25) is 10.0 Å². The Labute approximate surface area is 121 Å². The third-order valence-corrected chi connectivity index (χ3v) is 5.79. The highest BCUT2D eigenvalue weighted by Gasteiger charge is 2.34. The van der Waals surface area contributed by atoms with Gasteiger partial charge in [0, 0.05) is 32.0 Å². The molecule has 20 heavy (non-hydrogen) atoms. The van der Waals surface area contributed by atoms with Crippen molar-refractivity contribution in [3.05, 3.63) is 18.5 Å². The highest BCUT2D eigenvalue weighted by atomic mass is 32.2. The minimum absolute atomic E-state index is 0.284. The summed E-state index contributed by atoms with van der Waals surface area (Å²) in [5.41, 5.74) is 0.635. The number of hydrogen-bond donors (Lipinski definition) is 1. The third kappa shape index (κ3) is 2.96. The van der Waals surface area contributed by atoms with Crippen LogP contribution in [0.4, 0.5) is 5.69 Å². The lowest BCUT2D eigenvalue weighted by Gasteiger charge is -2.19. The average Bonchev–Trinajstić information content (AvgIpc) is 2.90. The first-order valence-electron chi connectivity index (χ1n) is 7.14. The quantitative estimate of drug-likeness (QED) is 0.905. The second kappa shape index (κ2) is 6.10. The molecule has 1 aromatic heterocycles. The van der Waals surface area contributed by atoms with Crippen LogP contribution in [0, 0.1) is 11.8 Å². The van der Waals surface area contributed by atoms with Gasteiger partial charge in [-0.05, 0) is 31.2 Å². The molecule has 1 fully saturated rings. The van der Waals surface area contributed by atoms with Crippen LogP contribution in [0.25, 0.3) is 0 Å². The first-order chi connectivity index (χ1) is 9.46. The number of nitrogens with zero attached hydrogens (tertiary/aromatic N) is 2. The van der Waals surface area contributed by atoms with Crippen molar-refractivity contribution in [1.29, 1.82) is 0 Å². The van der Waals surface area contributed by atoms with Crippen molar-refractivity contribution in [2.24, 2.45) is 11.8 Å². The lowest BCUT2D eigenvalue weighted by atomic mass is 9.96. The van der Waals surface area contributed by atoms with Gasteiger partial charge in [-0.25, -0.2) is 8.42 Å². The van der Waals surface area contributed by atoms with Crippen LogP contribution in [0.5, 0.6) is 0 Å². The van der Waals surface area contributed by atoms with Crippen molar-refractivity contribution in [2.45, 2.75) is 32.1 Å². The van der Waals surface area contributed by atoms with Crippen molar-refractivity contribution in [3.63, 3.8) is 0 Å². The van der Waals surface area contributed by atoms with Crippen molar-refractivity contribution in [1.82, 2.24) is 9.29 Å². The maximum atomic E-state index is 12.7.